The van der Waals surface area contributed by atoms with Crippen LogP contribution < -0.4 is 10.0 Å². The van der Waals surface area contributed by atoms with Gasteiger partial charge in [0.2, 0.25) is 0 Å². The number of nitrogens with zero attached hydrogens (tertiary/aromatic N) is 4. The van der Waals surface area contributed by atoms with Crippen molar-refractivity contribution in [2.24, 2.45) is 16.1 Å². The van der Waals surface area contributed by atoms with E-state index in [-0.39, 0.29) is 11.1 Å². The van der Waals surface area contributed by atoms with Gasteiger partial charge in [0, 0.05) is 5.71 Å². The summed E-state index contributed by atoms with van der Waals surface area (Å²) in [6.07, 6.45) is 0.514. The van der Waals surface area contributed by atoms with Crippen LogP contribution in [0.1, 0.15) is 34.6 Å². The molecule has 2 aliphatic heterocycles. The fourth-order valence-electron chi connectivity index (χ4n) is 3.65. The lowest BCUT2D eigenvalue weighted by Crippen LogP contribution is -2.32. The lowest BCUT2D eigenvalue weighted by Gasteiger charge is -2.22. The standard InChI is InChI=1S/C23H20N4O6/c1-12-18(20(28)26(24-12)16-7-3-14(4-8-16)22(30)31)11-19-13(2)25-27(21(19)29)17-9-5-15(6-10-17)23(32)33/h3-11,18,20,28H,1-2H3,(H,30,31)(H,32,33). The minimum absolute atomic E-state index is 0.0965. The van der Waals surface area contributed by atoms with Crippen LogP contribution in [0.4, 0.5) is 11.4 Å². The van der Waals surface area contributed by atoms with Gasteiger partial charge in [-0.1, -0.05) is 6.08 Å². The fourth-order valence-corrected chi connectivity index (χ4v) is 3.65. The molecule has 4 rings (SSSR count). The Kier molecular flexibility index (Phi) is 5.52. The number of aliphatic hydroxyl groups is 1. The first-order valence-electron chi connectivity index (χ1n) is 9.98. The molecular formula is C23H20N4O6. The largest absolute Gasteiger partial charge is 0.478 e. The monoisotopic (exact) mass is 448 g/mol. The smallest absolute Gasteiger partial charge is 0.335 e. The van der Waals surface area contributed by atoms with Crippen molar-refractivity contribution in [2.75, 3.05) is 10.0 Å². The third kappa shape index (κ3) is 3.99. The molecule has 2 atom stereocenters. The molecule has 0 fully saturated rings. The second-order valence-electron chi connectivity index (χ2n) is 7.61. The first-order valence-corrected chi connectivity index (χ1v) is 9.98. The molecule has 0 radical (unpaired) electrons. The molecule has 0 aliphatic carbocycles. The van der Waals surface area contributed by atoms with Crippen LogP contribution in [0.5, 0.6) is 0 Å². The fraction of sp³-hybridized carbons (Fsp3) is 0.174. The molecule has 33 heavy (non-hydrogen) atoms. The summed E-state index contributed by atoms with van der Waals surface area (Å²) in [4.78, 5) is 35.1. The Morgan fingerprint density at radius 2 is 1.39 bits per heavy atom. The van der Waals surface area contributed by atoms with Crippen molar-refractivity contribution in [3.8, 4) is 0 Å². The number of hydrogen-bond donors (Lipinski definition) is 3. The Morgan fingerprint density at radius 3 is 1.91 bits per heavy atom. The molecule has 2 unspecified atom stereocenters. The van der Waals surface area contributed by atoms with Gasteiger partial charge >= 0.3 is 11.9 Å². The average molecular weight is 448 g/mol. The zero-order valence-corrected chi connectivity index (χ0v) is 17.7. The molecule has 2 aromatic carbocycles. The Balaban J connectivity index is 1.56. The van der Waals surface area contributed by atoms with Crippen LogP contribution in [0.25, 0.3) is 0 Å². The zero-order valence-electron chi connectivity index (χ0n) is 17.7. The van der Waals surface area contributed by atoms with Gasteiger partial charge in [-0.15, -0.1) is 0 Å². The summed E-state index contributed by atoms with van der Waals surface area (Å²) in [6.45, 7) is 3.40. The minimum Gasteiger partial charge on any atom is -0.478 e. The third-order valence-electron chi connectivity index (χ3n) is 5.47. The van der Waals surface area contributed by atoms with Crippen molar-refractivity contribution in [3.05, 3.63) is 71.3 Å². The number of carbonyl (C=O) groups is 3. The highest BCUT2D eigenvalue weighted by Crippen LogP contribution is 2.31. The zero-order chi connectivity index (χ0) is 23.9. The summed E-state index contributed by atoms with van der Waals surface area (Å²) >= 11 is 0. The summed E-state index contributed by atoms with van der Waals surface area (Å²) < 4.78 is 0. The van der Waals surface area contributed by atoms with Crippen LogP contribution in [-0.4, -0.2) is 50.8 Å². The van der Waals surface area contributed by atoms with E-state index in [0.29, 0.717) is 28.4 Å². The number of amides is 1. The van der Waals surface area contributed by atoms with Crippen molar-refractivity contribution < 1.29 is 29.7 Å². The lowest BCUT2D eigenvalue weighted by molar-refractivity contribution is -0.114. The first kappa shape index (κ1) is 21.9. The lowest BCUT2D eigenvalue weighted by atomic mass is 9.98. The molecule has 2 aliphatic rings. The SMILES string of the molecule is CC1=NN(c2ccc(C(=O)O)cc2)C(=O)C1=CC1C(C)=NN(c2ccc(C(=O)O)cc2)C1O. The predicted molar refractivity (Wildman–Crippen MR) is 121 cm³/mol. The van der Waals surface area contributed by atoms with Crippen LogP contribution >= 0.6 is 0 Å². The predicted octanol–water partition coefficient (Wildman–Crippen LogP) is 2.56. The highest BCUT2D eigenvalue weighted by Gasteiger charge is 2.37. The van der Waals surface area contributed by atoms with Crippen molar-refractivity contribution >= 4 is 40.6 Å². The molecule has 2 heterocycles. The summed E-state index contributed by atoms with van der Waals surface area (Å²) in [6, 6.07) is 11.7. The van der Waals surface area contributed by atoms with Crippen molar-refractivity contribution in [1.82, 2.24) is 0 Å². The first-order chi connectivity index (χ1) is 15.7. The molecule has 0 saturated carbocycles. The molecule has 3 N–H and O–H groups in total. The topological polar surface area (TPSA) is 143 Å². The summed E-state index contributed by atoms with van der Waals surface area (Å²) in [5.74, 6) is -3.12. The van der Waals surface area contributed by atoms with Crippen LogP contribution in [0.3, 0.4) is 0 Å². The van der Waals surface area contributed by atoms with Crippen LogP contribution in [0.15, 0.2) is 70.4 Å². The van der Waals surface area contributed by atoms with E-state index in [1.807, 2.05) is 0 Å². The van der Waals surface area contributed by atoms with Gasteiger partial charge in [0.05, 0.1) is 39.7 Å². The van der Waals surface area contributed by atoms with E-state index >= 15 is 0 Å². The second kappa shape index (κ2) is 8.32. The Labute approximate surface area is 188 Å². The van der Waals surface area contributed by atoms with Gasteiger partial charge < -0.3 is 15.3 Å². The van der Waals surface area contributed by atoms with Gasteiger partial charge in [0.1, 0.15) is 0 Å². The van der Waals surface area contributed by atoms with Gasteiger partial charge in [-0.05, 0) is 62.4 Å². The molecular weight excluding hydrogens is 428 g/mol. The number of aliphatic hydroxyl groups excluding tert-OH is 1. The normalized spacial score (nSPS) is 21.4. The second-order valence-corrected chi connectivity index (χ2v) is 7.61. The van der Waals surface area contributed by atoms with Crippen molar-refractivity contribution in [1.29, 1.82) is 0 Å². The number of hydrazone groups is 2. The third-order valence-corrected chi connectivity index (χ3v) is 5.47. The van der Waals surface area contributed by atoms with Crippen molar-refractivity contribution in [3.63, 3.8) is 0 Å². The molecule has 0 saturated heterocycles. The molecule has 0 spiro atoms. The van der Waals surface area contributed by atoms with Gasteiger partial charge in [-0.3, -0.25) is 4.79 Å². The Hall–Kier alpha value is -4.31. The molecule has 168 valence electrons. The number of rotatable bonds is 5. The average Bonchev–Trinajstić information content (AvgIpc) is 3.24. The van der Waals surface area contributed by atoms with Crippen molar-refractivity contribution in [2.45, 2.75) is 20.1 Å². The van der Waals surface area contributed by atoms with Crippen LogP contribution in [0, 0.1) is 5.92 Å². The molecule has 0 aromatic heterocycles. The number of benzene rings is 2. The maximum atomic E-state index is 13.0. The maximum Gasteiger partial charge on any atom is 0.335 e. The minimum atomic E-state index is -1.10. The van der Waals surface area contributed by atoms with Crippen LogP contribution in [-0.2, 0) is 4.79 Å². The van der Waals surface area contributed by atoms with E-state index in [4.69, 9.17) is 10.2 Å². The Morgan fingerprint density at radius 1 is 0.879 bits per heavy atom. The van der Waals surface area contributed by atoms with Gasteiger partial charge in [0.15, 0.2) is 6.23 Å². The van der Waals surface area contributed by atoms with Gasteiger partial charge in [-0.25, -0.2) is 14.6 Å². The number of anilines is 2. The number of carboxylic acids is 2. The molecule has 0 bridgehead atoms. The number of carbonyl (C=O) groups excluding carboxylic acids is 1. The number of aromatic carboxylic acids is 2. The van der Waals surface area contributed by atoms with E-state index in [2.05, 4.69) is 10.2 Å². The van der Waals surface area contributed by atoms with E-state index in [9.17, 15) is 19.5 Å². The van der Waals surface area contributed by atoms with E-state index < -0.39 is 30.0 Å². The Bertz CT molecular complexity index is 1230. The van der Waals surface area contributed by atoms with E-state index in [1.54, 1.807) is 32.1 Å². The van der Waals surface area contributed by atoms with E-state index in [1.165, 1.54) is 46.4 Å². The number of hydrogen-bond acceptors (Lipinski definition) is 7. The molecule has 10 heteroatoms. The van der Waals surface area contributed by atoms with Gasteiger partial charge in [-0.2, -0.15) is 15.2 Å². The molecule has 2 aromatic rings. The summed E-state index contributed by atoms with van der Waals surface area (Å²) in [5, 5.41) is 40.2. The summed E-state index contributed by atoms with van der Waals surface area (Å²) in [7, 11) is 0. The highest BCUT2D eigenvalue weighted by atomic mass is 16.4. The van der Waals surface area contributed by atoms with Crippen LogP contribution in [0.2, 0.25) is 0 Å². The molecule has 10 nitrogen and oxygen atoms in total. The highest BCUT2D eigenvalue weighted by molar-refractivity contribution is 6.30. The van der Waals surface area contributed by atoms with Gasteiger partial charge in [0.25, 0.3) is 5.91 Å². The summed E-state index contributed by atoms with van der Waals surface area (Å²) in [5.41, 5.74) is 2.47. The quantitative estimate of drug-likeness (QED) is 0.597. The number of carboxylic acid groups (broad SMARTS) is 2. The maximum absolute atomic E-state index is 13.0. The molecule has 1 amide bonds. The van der Waals surface area contributed by atoms with E-state index in [0.717, 1.165) is 0 Å².